The minimum absolute atomic E-state index is 0.605. The van der Waals surface area contributed by atoms with Crippen molar-refractivity contribution in [2.45, 2.75) is 31.8 Å². The highest BCUT2D eigenvalue weighted by atomic mass is 16.5. The van der Waals surface area contributed by atoms with Crippen molar-refractivity contribution in [1.82, 2.24) is 4.90 Å². The summed E-state index contributed by atoms with van der Waals surface area (Å²) >= 11 is 0. The van der Waals surface area contributed by atoms with Crippen molar-refractivity contribution in [3.8, 4) is 11.5 Å². The van der Waals surface area contributed by atoms with Crippen LogP contribution in [0.25, 0.3) is 0 Å². The van der Waals surface area contributed by atoms with Gasteiger partial charge in [0.05, 0.1) is 14.2 Å². The Bertz CT molecular complexity index is 627. The van der Waals surface area contributed by atoms with Gasteiger partial charge in [0, 0.05) is 12.6 Å². The van der Waals surface area contributed by atoms with Gasteiger partial charge in [0.25, 0.3) is 0 Å². The summed E-state index contributed by atoms with van der Waals surface area (Å²) in [5.41, 5.74) is 2.71. The Morgan fingerprint density at radius 2 is 1.74 bits per heavy atom. The normalized spacial score (nSPS) is 18.1. The van der Waals surface area contributed by atoms with E-state index in [0.717, 1.165) is 24.5 Å². The highest BCUT2D eigenvalue weighted by Gasteiger charge is 2.24. The van der Waals surface area contributed by atoms with Crippen molar-refractivity contribution in [2.75, 3.05) is 20.8 Å². The van der Waals surface area contributed by atoms with E-state index in [1.807, 2.05) is 6.07 Å². The van der Waals surface area contributed by atoms with Crippen LogP contribution in [-0.4, -0.2) is 31.7 Å². The molecule has 2 aromatic rings. The average molecular weight is 311 g/mol. The van der Waals surface area contributed by atoms with Crippen LogP contribution in [0.3, 0.4) is 0 Å². The lowest BCUT2D eigenvalue weighted by atomic mass is 10.0. The third kappa shape index (κ3) is 3.85. The molecule has 122 valence electrons. The lowest BCUT2D eigenvalue weighted by Gasteiger charge is -2.25. The molecule has 0 aliphatic carbocycles. The van der Waals surface area contributed by atoms with Crippen molar-refractivity contribution in [1.29, 1.82) is 0 Å². The Morgan fingerprint density at radius 1 is 0.957 bits per heavy atom. The van der Waals surface area contributed by atoms with Crippen molar-refractivity contribution in [2.24, 2.45) is 0 Å². The number of nitrogens with zero attached hydrogens (tertiary/aromatic N) is 1. The van der Waals surface area contributed by atoms with E-state index in [1.54, 1.807) is 14.2 Å². The SMILES string of the molecule is COc1ccc(CC2CCCN2Cc2ccccc2)cc1OC. The Balaban J connectivity index is 1.69. The summed E-state index contributed by atoms with van der Waals surface area (Å²) in [7, 11) is 3.37. The predicted molar refractivity (Wildman–Crippen MR) is 93.1 cm³/mol. The number of benzene rings is 2. The number of likely N-dealkylation sites (tertiary alicyclic amines) is 1. The molecule has 23 heavy (non-hydrogen) atoms. The molecule has 0 N–H and O–H groups in total. The summed E-state index contributed by atoms with van der Waals surface area (Å²) in [5.74, 6) is 1.61. The van der Waals surface area contributed by atoms with Crippen molar-refractivity contribution in [3.63, 3.8) is 0 Å². The average Bonchev–Trinajstić information content (AvgIpc) is 3.02. The first-order valence-corrected chi connectivity index (χ1v) is 8.29. The molecule has 2 aromatic carbocycles. The van der Waals surface area contributed by atoms with Gasteiger partial charge in [-0.3, -0.25) is 4.90 Å². The van der Waals surface area contributed by atoms with Crippen LogP contribution >= 0.6 is 0 Å². The molecular formula is C20H25NO2. The van der Waals surface area contributed by atoms with E-state index in [0.29, 0.717) is 6.04 Å². The summed E-state index contributed by atoms with van der Waals surface area (Å²) in [4.78, 5) is 2.60. The molecule has 1 unspecified atom stereocenters. The quantitative estimate of drug-likeness (QED) is 0.807. The molecule has 1 aliphatic rings. The van der Waals surface area contributed by atoms with E-state index in [4.69, 9.17) is 9.47 Å². The van der Waals surface area contributed by atoms with Crippen LogP contribution in [-0.2, 0) is 13.0 Å². The first kappa shape index (κ1) is 15.9. The number of ether oxygens (including phenoxy) is 2. The maximum Gasteiger partial charge on any atom is 0.160 e. The van der Waals surface area contributed by atoms with E-state index in [2.05, 4.69) is 47.4 Å². The Morgan fingerprint density at radius 3 is 2.48 bits per heavy atom. The van der Waals surface area contributed by atoms with Crippen LogP contribution in [0.4, 0.5) is 0 Å². The second-order valence-corrected chi connectivity index (χ2v) is 6.15. The lowest BCUT2D eigenvalue weighted by molar-refractivity contribution is 0.243. The zero-order valence-corrected chi connectivity index (χ0v) is 14.0. The minimum Gasteiger partial charge on any atom is -0.493 e. The van der Waals surface area contributed by atoms with Crippen LogP contribution in [0.2, 0.25) is 0 Å². The molecular weight excluding hydrogens is 286 g/mol. The van der Waals surface area contributed by atoms with Crippen molar-refractivity contribution in [3.05, 3.63) is 59.7 Å². The lowest BCUT2D eigenvalue weighted by Crippen LogP contribution is -2.30. The summed E-state index contributed by atoms with van der Waals surface area (Å²) in [5, 5.41) is 0. The Hall–Kier alpha value is -2.00. The van der Waals surface area contributed by atoms with E-state index in [9.17, 15) is 0 Å². The van der Waals surface area contributed by atoms with Gasteiger partial charge in [0.2, 0.25) is 0 Å². The third-order valence-corrected chi connectivity index (χ3v) is 4.65. The van der Waals surface area contributed by atoms with Crippen LogP contribution < -0.4 is 9.47 Å². The van der Waals surface area contributed by atoms with Gasteiger partial charge >= 0.3 is 0 Å². The topological polar surface area (TPSA) is 21.7 Å². The fourth-order valence-electron chi connectivity index (χ4n) is 3.43. The smallest absolute Gasteiger partial charge is 0.160 e. The number of hydrogen-bond donors (Lipinski definition) is 0. The van der Waals surface area contributed by atoms with Gasteiger partial charge in [-0.2, -0.15) is 0 Å². The number of methoxy groups -OCH3 is 2. The molecule has 0 bridgehead atoms. The van der Waals surface area contributed by atoms with Crippen LogP contribution in [0.5, 0.6) is 11.5 Å². The van der Waals surface area contributed by atoms with Crippen LogP contribution in [0.1, 0.15) is 24.0 Å². The molecule has 0 amide bonds. The number of hydrogen-bond acceptors (Lipinski definition) is 3. The number of rotatable bonds is 6. The highest BCUT2D eigenvalue weighted by Crippen LogP contribution is 2.30. The zero-order chi connectivity index (χ0) is 16.1. The van der Waals surface area contributed by atoms with Crippen molar-refractivity contribution < 1.29 is 9.47 Å². The molecule has 3 nitrogen and oxygen atoms in total. The van der Waals surface area contributed by atoms with Gasteiger partial charge in [-0.25, -0.2) is 0 Å². The molecule has 1 fully saturated rings. The summed E-state index contributed by atoms with van der Waals surface area (Å²) in [6, 6.07) is 17.6. The molecule has 1 heterocycles. The first-order valence-electron chi connectivity index (χ1n) is 8.29. The van der Waals surface area contributed by atoms with Crippen molar-refractivity contribution >= 4 is 0 Å². The second-order valence-electron chi connectivity index (χ2n) is 6.15. The largest absolute Gasteiger partial charge is 0.493 e. The standard InChI is InChI=1S/C20H25NO2/c1-22-19-11-10-17(14-20(19)23-2)13-18-9-6-12-21(18)15-16-7-4-3-5-8-16/h3-5,7-8,10-11,14,18H,6,9,12-13,15H2,1-2H3. The van der Waals surface area contributed by atoms with Gasteiger partial charge in [-0.05, 0) is 49.1 Å². The molecule has 0 radical (unpaired) electrons. The van der Waals surface area contributed by atoms with E-state index >= 15 is 0 Å². The Kier molecular flexibility index (Phi) is 5.19. The summed E-state index contributed by atoms with van der Waals surface area (Å²) < 4.78 is 10.8. The summed E-state index contributed by atoms with van der Waals surface area (Å²) in [6.45, 7) is 2.23. The van der Waals surface area contributed by atoms with Gasteiger partial charge in [0.1, 0.15) is 0 Å². The fraction of sp³-hybridized carbons (Fsp3) is 0.400. The second kappa shape index (κ2) is 7.51. The first-order chi connectivity index (χ1) is 11.3. The maximum absolute atomic E-state index is 5.43. The van der Waals surface area contributed by atoms with Gasteiger partial charge in [0.15, 0.2) is 11.5 Å². The van der Waals surface area contributed by atoms with E-state index in [1.165, 1.54) is 30.5 Å². The van der Waals surface area contributed by atoms with Gasteiger partial charge in [-0.1, -0.05) is 36.4 Å². The molecule has 1 aliphatic heterocycles. The molecule has 0 aromatic heterocycles. The molecule has 1 saturated heterocycles. The molecule has 1 atom stereocenters. The van der Waals surface area contributed by atoms with Gasteiger partial charge in [-0.15, -0.1) is 0 Å². The fourth-order valence-corrected chi connectivity index (χ4v) is 3.43. The minimum atomic E-state index is 0.605. The molecule has 0 saturated carbocycles. The van der Waals surface area contributed by atoms with E-state index < -0.39 is 0 Å². The van der Waals surface area contributed by atoms with Crippen LogP contribution in [0, 0.1) is 0 Å². The predicted octanol–water partition coefficient (Wildman–Crippen LogP) is 3.91. The van der Waals surface area contributed by atoms with E-state index in [-0.39, 0.29) is 0 Å². The third-order valence-electron chi connectivity index (χ3n) is 4.65. The maximum atomic E-state index is 5.43. The zero-order valence-electron chi connectivity index (χ0n) is 14.0. The van der Waals surface area contributed by atoms with Crippen LogP contribution in [0.15, 0.2) is 48.5 Å². The van der Waals surface area contributed by atoms with Gasteiger partial charge < -0.3 is 9.47 Å². The summed E-state index contributed by atoms with van der Waals surface area (Å²) in [6.07, 6.45) is 3.61. The Labute approximate surface area is 138 Å². The molecule has 0 spiro atoms. The monoisotopic (exact) mass is 311 g/mol. The molecule has 3 rings (SSSR count). The molecule has 3 heteroatoms. The highest BCUT2D eigenvalue weighted by molar-refractivity contribution is 5.43.